The molecule has 2 aromatic rings. The number of anilines is 1. The second-order valence-electron chi connectivity index (χ2n) is 4.01. The van der Waals surface area contributed by atoms with Crippen LogP contribution in [0.15, 0.2) is 36.5 Å². The van der Waals surface area contributed by atoms with Crippen LogP contribution < -0.4 is 5.32 Å². The molecule has 0 radical (unpaired) electrons. The monoisotopic (exact) mass is 229 g/mol. The van der Waals surface area contributed by atoms with Gasteiger partial charge in [0.05, 0.1) is 6.54 Å². The quantitative estimate of drug-likeness (QED) is 0.877. The molecule has 0 atom stereocenters. The standard InChI is InChI=1S/C13H15N3O/c1-10-5-3-4-6-12(10)9-16-8-7-13(15-16)14-11(2)17/h3-8H,9H2,1-2H3,(H,14,15,17). The van der Waals surface area contributed by atoms with E-state index in [9.17, 15) is 4.79 Å². The molecule has 2 rings (SSSR count). The molecule has 0 saturated heterocycles. The molecule has 1 N–H and O–H groups in total. The van der Waals surface area contributed by atoms with Gasteiger partial charge in [-0.05, 0) is 18.1 Å². The Labute approximate surface area is 100 Å². The van der Waals surface area contributed by atoms with Gasteiger partial charge in [-0.2, -0.15) is 5.10 Å². The minimum absolute atomic E-state index is 0.105. The fourth-order valence-corrected chi connectivity index (χ4v) is 1.66. The zero-order valence-electron chi connectivity index (χ0n) is 9.97. The zero-order valence-corrected chi connectivity index (χ0v) is 9.97. The van der Waals surface area contributed by atoms with Crippen molar-refractivity contribution in [2.75, 3.05) is 5.32 Å². The Morgan fingerprint density at radius 1 is 1.35 bits per heavy atom. The number of nitrogens with one attached hydrogen (secondary N) is 1. The Hall–Kier alpha value is -2.10. The van der Waals surface area contributed by atoms with Gasteiger partial charge >= 0.3 is 0 Å². The summed E-state index contributed by atoms with van der Waals surface area (Å²) in [6.07, 6.45) is 1.86. The van der Waals surface area contributed by atoms with Crippen molar-refractivity contribution >= 4 is 11.7 Å². The normalized spacial score (nSPS) is 10.2. The third kappa shape index (κ3) is 2.93. The lowest BCUT2D eigenvalue weighted by molar-refractivity contribution is -0.114. The summed E-state index contributed by atoms with van der Waals surface area (Å²) in [7, 11) is 0. The molecule has 0 bridgehead atoms. The van der Waals surface area contributed by atoms with Gasteiger partial charge in [0, 0.05) is 19.2 Å². The Morgan fingerprint density at radius 3 is 2.82 bits per heavy atom. The van der Waals surface area contributed by atoms with Gasteiger partial charge in [0.25, 0.3) is 0 Å². The van der Waals surface area contributed by atoms with E-state index in [1.165, 1.54) is 18.1 Å². The summed E-state index contributed by atoms with van der Waals surface area (Å²) in [4.78, 5) is 10.9. The van der Waals surface area contributed by atoms with E-state index in [1.54, 1.807) is 6.07 Å². The predicted octanol–water partition coefficient (Wildman–Crippen LogP) is 2.20. The zero-order chi connectivity index (χ0) is 12.3. The number of rotatable bonds is 3. The summed E-state index contributed by atoms with van der Waals surface area (Å²) in [6.45, 7) is 4.26. The molecule has 0 aliphatic heterocycles. The molecular weight excluding hydrogens is 214 g/mol. The maximum atomic E-state index is 10.9. The Kier molecular flexibility index (Phi) is 3.23. The van der Waals surface area contributed by atoms with Gasteiger partial charge in [-0.15, -0.1) is 0 Å². The molecule has 4 nitrogen and oxygen atoms in total. The number of benzene rings is 1. The molecule has 0 saturated carbocycles. The number of nitrogens with zero attached hydrogens (tertiary/aromatic N) is 2. The van der Waals surface area contributed by atoms with Gasteiger partial charge in [-0.3, -0.25) is 9.48 Å². The molecule has 1 amide bonds. The van der Waals surface area contributed by atoms with Crippen LogP contribution in [0.3, 0.4) is 0 Å². The molecule has 0 spiro atoms. The van der Waals surface area contributed by atoms with Crippen LogP contribution in [0.25, 0.3) is 0 Å². The molecule has 0 aliphatic carbocycles. The third-order valence-corrected chi connectivity index (χ3v) is 2.54. The molecular formula is C13H15N3O. The molecule has 0 fully saturated rings. The number of amides is 1. The largest absolute Gasteiger partial charge is 0.309 e. The van der Waals surface area contributed by atoms with Crippen molar-refractivity contribution in [2.45, 2.75) is 20.4 Å². The van der Waals surface area contributed by atoms with Crippen LogP contribution in [0.4, 0.5) is 5.82 Å². The summed E-state index contributed by atoms with van der Waals surface area (Å²) >= 11 is 0. The summed E-state index contributed by atoms with van der Waals surface area (Å²) < 4.78 is 1.81. The number of carbonyl (C=O) groups is 1. The van der Waals surface area contributed by atoms with Crippen molar-refractivity contribution in [3.63, 3.8) is 0 Å². The molecule has 4 heteroatoms. The van der Waals surface area contributed by atoms with Gasteiger partial charge in [0.15, 0.2) is 5.82 Å². The van der Waals surface area contributed by atoms with E-state index >= 15 is 0 Å². The first-order chi connectivity index (χ1) is 8.15. The van der Waals surface area contributed by atoms with Crippen LogP contribution in [-0.2, 0) is 11.3 Å². The molecule has 88 valence electrons. The maximum Gasteiger partial charge on any atom is 0.222 e. The fourth-order valence-electron chi connectivity index (χ4n) is 1.66. The number of carbonyl (C=O) groups excluding carboxylic acids is 1. The van der Waals surface area contributed by atoms with Gasteiger partial charge in [0.2, 0.25) is 5.91 Å². The van der Waals surface area contributed by atoms with E-state index < -0.39 is 0 Å². The lowest BCUT2D eigenvalue weighted by Gasteiger charge is -2.05. The van der Waals surface area contributed by atoms with Crippen molar-refractivity contribution in [1.82, 2.24) is 9.78 Å². The highest BCUT2D eigenvalue weighted by Gasteiger charge is 2.02. The Morgan fingerprint density at radius 2 is 2.12 bits per heavy atom. The summed E-state index contributed by atoms with van der Waals surface area (Å²) in [6, 6.07) is 9.98. The molecule has 1 aromatic heterocycles. The smallest absolute Gasteiger partial charge is 0.222 e. The van der Waals surface area contributed by atoms with Crippen molar-refractivity contribution in [3.8, 4) is 0 Å². The summed E-state index contributed by atoms with van der Waals surface area (Å²) in [5.41, 5.74) is 2.47. The average molecular weight is 229 g/mol. The van der Waals surface area contributed by atoms with Gasteiger partial charge in [-0.1, -0.05) is 24.3 Å². The highest BCUT2D eigenvalue weighted by atomic mass is 16.1. The molecule has 0 unspecified atom stereocenters. The first kappa shape index (κ1) is 11.4. The number of aromatic nitrogens is 2. The topological polar surface area (TPSA) is 46.9 Å². The van der Waals surface area contributed by atoms with Crippen LogP contribution in [0.1, 0.15) is 18.1 Å². The van der Waals surface area contributed by atoms with Crippen molar-refractivity contribution in [2.24, 2.45) is 0 Å². The highest BCUT2D eigenvalue weighted by Crippen LogP contribution is 2.10. The second kappa shape index (κ2) is 4.82. The van der Waals surface area contributed by atoms with Crippen LogP contribution >= 0.6 is 0 Å². The molecule has 1 aromatic carbocycles. The van der Waals surface area contributed by atoms with Crippen LogP contribution in [0, 0.1) is 6.92 Å². The lowest BCUT2D eigenvalue weighted by Crippen LogP contribution is -2.08. The van der Waals surface area contributed by atoms with E-state index in [1.807, 2.05) is 23.0 Å². The predicted molar refractivity (Wildman–Crippen MR) is 66.8 cm³/mol. The van der Waals surface area contributed by atoms with Crippen LogP contribution in [-0.4, -0.2) is 15.7 Å². The molecule has 1 heterocycles. The number of hydrogen-bond donors (Lipinski definition) is 1. The van der Waals surface area contributed by atoms with E-state index in [4.69, 9.17) is 0 Å². The second-order valence-corrected chi connectivity index (χ2v) is 4.01. The molecule has 17 heavy (non-hydrogen) atoms. The van der Waals surface area contributed by atoms with Gasteiger partial charge in [0.1, 0.15) is 0 Å². The van der Waals surface area contributed by atoms with Gasteiger partial charge < -0.3 is 5.32 Å². The van der Waals surface area contributed by atoms with Crippen molar-refractivity contribution < 1.29 is 4.79 Å². The van der Waals surface area contributed by atoms with E-state index in [0.29, 0.717) is 12.4 Å². The fraction of sp³-hybridized carbons (Fsp3) is 0.231. The third-order valence-electron chi connectivity index (χ3n) is 2.54. The van der Waals surface area contributed by atoms with E-state index in [-0.39, 0.29) is 5.91 Å². The van der Waals surface area contributed by atoms with E-state index in [2.05, 4.69) is 29.5 Å². The minimum Gasteiger partial charge on any atom is -0.309 e. The Bertz CT molecular complexity index is 531. The van der Waals surface area contributed by atoms with Crippen LogP contribution in [0.5, 0.6) is 0 Å². The first-order valence-electron chi connectivity index (χ1n) is 5.51. The number of aryl methyl sites for hydroxylation is 1. The Balaban J connectivity index is 2.12. The number of hydrogen-bond acceptors (Lipinski definition) is 2. The average Bonchev–Trinajstić information content (AvgIpc) is 2.68. The molecule has 0 aliphatic rings. The maximum absolute atomic E-state index is 10.9. The summed E-state index contributed by atoms with van der Waals surface area (Å²) in [5.74, 6) is 0.484. The lowest BCUT2D eigenvalue weighted by atomic mass is 10.1. The highest BCUT2D eigenvalue weighted by molar-refractivity contribution is 5.87. The SMILES string of the molecule is CC(=O)Nc1ccn(Cc2ccccc2C)n1. The minimum atomic E-state index is -0.105. The van der Waals surface area contributed by atoms with Gasteiger partial charge in [-0.25, -0.2) is 0 Å². The van der Waals surface area contributed by atoms with E-state index in [0.717, 1.165) is 0 Å². The van der Waals surface area contributed by atoms with Crippen molar-refractivity contribution in [1.29, 1.82) is 0 Å². The van der Waals surface area contributed by atoms with Crippen LogP contribution in [0.2, 0.25) is 0 Å². The summed E-state index contributed by atoms with van der Waals surface area (Å²) in [5, 5.41) is 6.93. The van der Waals surface area contributed by atoms with Crippen molar-refractivity contribution in [3.05, 3.63) is 47.7 Å². The first-order valence-corrected chi connectivity index (χ1v) is 5.51.